The first-order valence-corrected chi connectivity index (χ1v) is 8.77. The Labute approximate surface area is 156 Å². The zero-order valence-corrected chi connectivity index (χ0v) is 15.8. The highest BCUT2D eigenvalue weighted by Gasteiger charge is 2.42. The fraction of sp³-hybridized carbons (Fsp3) is 0.647. The van der Waals surface area contributed by atoms with Crippen molar-refractivity contribution in [2.24, 2.45) is 7.05 Å². The van der Waals surface area contributed by atoms with Gasteiger partial charge in [0.1, 0.15) is 5.69 Å². The van der Waals surface area contributed by atoms with Gasteiger partial charge in [-0.05, 0) is 27.0 Å². The molecule has 0 unspecified atom stereocenters. The SMILES string of the molecule is CC=CN1CC(NC(=O)c2c(C(F)(F)F)nc(C(OCC)OCC)n2C)C1. The number of hydrogen-bond acceptors (Lipinski definition) is 5. The van der Waals surface area contributed by atoms with Crippen molar-refractivity contribution in [1.29, 1.82) is 0 Å². The van der Waals surface area contributed by atoms with Crippen molar-refractivity contribution in [2.75, 3.05) is 26.3 Å². The van der Waals surface area contributed by atoms with E-state index in [0.29, 0.717) is 13.1 Å². The van der Waals surface area contributed by atoms with Gasteiger partial charge < -0.3 is 24.3 Å². The lowest BCUT2D eigenvalue weighted by atomic mass is 10.1. The number of alkyl halides is 3. The maximum Gasteiger partial charge on any atom is 0.435 e. The molecule has 2 rings (SSSR count). The average molecular weight is 390 g/mol. The van der Waals surface area contributed by atoms with E-state index in [-0.39, 0.29) is 25.1 Å². The number of halogens is 3. The molecule has 10 heteroatoms. The van der Waals surface area contributed by atoms with Crippen molar-refractivity contribution in [2.45, 2.75) is 39.3 Å². The predicted molar refractivity (Wildman–Crippen MR) is 91.8 cm³/mol. The number of aromatic nitrogens is 2. The van der Waals surface area contributed by atoms with E-state index in [1.54, 1.807) is 13.8 Å². The van der Waals surface area contributed by atoms with E-state index < -0.39 is 29.8 Å². The zero-order chi connectivity index (χ0) is 20.2. The number of allylic oxidation sites excluding steroid dienone is 1. The minimum Gasteiger partial charge on any atom is -0.373 e. The number of amides is 1. The fourth-order valence-corrected chi connectivity index (χ4v) is 2.87. The van der Waals surface area contributed by atoms with Crippen molar-refractivity contribution < 1.29 is 27.4 Å². The number of carbonyl (C=O) groups is 1. The number of carbonyl (C=O) groups excluding carboxylic acids is 1. The van der Waals surface area contributed by atoms with Crippen LogP contribution in [0.4, 0.5) is 13.2 Å². The molecule has 0 bridgehead atoms. The molecular weight excluding hydrogens is 365 g/mol. The molecule has 1 amide bonds. The highest BCUT2D eigenvalue weighted by molar-refractivity contribution is 5.94. The van der Waals surface area contributed by atoms with E-state index in [2.05, 4.69) is 10.3 Å². The highest BCUT2D eigenvalue weighted by Crippen LogP contribution is 2.33. The molecule has 1 aromatic heterocycles. The van der Waals surface area contributed by atoms with Gasteiger partial charge in [0.2, 0.25) is 6.29 Å². The number of imidazole rings is 1. The van der Waals surface area contributed by atoms with Crippen molar-refractivity contribution in [3.63, 3.8) is 0 Å². The molecule has 1 saturated heterocycles. The van der Waals surface area contributed by atoms with E-state index in [0.717, 1.165) is 4.57 Å². The highest BCUT2D eigenvalue weighted by atomic mass is 19.4. The predicted octanol–water partition coefficient (Wildman–Crippen LogP) is 2.46. The Morgan fingerprint density at radius 1 is 1.33 bits per heavy atom. The molecule has 1 aliphatic rings. The first-order valence-electron chi connectivity index (χ1n) is 8.77. The van der Waals surface area contributed by atoms with Crippen LogP contribution in [0.25, 0.3) is 0 Å². The maximum atomic E-state index is 13.5. The van der Waals surface area contributed by atoms with Crippen molar-refractivity contribution in [3.05, 3.63) is 29.5 Å². The van der Waals surface area contributed by atoms with Crippen LogP contribution in [0.15, 0.2) is 12.3 Å². The van der Waals surface area contributed by atoms with Crippen LogP contribution in [0, 0.1) is 0 Å². The van der Waals surface area contributed by atoms with Crippen LogP contribution in [0.1, 0.15) is 49.1 Å². The molecule has 0 aromatic carbocycles. The molecule has 152 valence electrons. The van der Waals surface area contributed by atoms with Crippen LogP contribution in [-0.2, 0) is 22.7 Å². The van der Waals surface area contributed by atoms with Crippen molar-refractivity contribution in [3.8, 4) is 0 Å². The summed E-state index contributed by atoms with van der Waals surface area (Å²) in [6.07, 6.45) is -2.14. The van der Waals surface area contributed by atoms with Gasteiger partial charge in [0, 0.05) is 33.4 Å². The molecule has 0 spiro atoms. The van der Waals surface area contributed by atoms with Gasteiger partial charge in [0.25, 0.3) is 5.91 Å². The van der Waals surface area contributed by atoms with E-state index in [1.807, 2.05) is 24.1 Å². The number of likely N-dealkylation sites (tertiary alicyclic amines) is 1. The quantitative estimate of drug-likeness (QED) is 0.691. The second-order valence-corrected chi connectivity index (χ2v) is 6.07. The fourth-order valence-electron chi connectivity index (χ4n) is 2.87. The monoisotopic (exact) mass is 390 g/mol. The van der Waals surface area contributed by atoms with E-state index >= 15 is 0 Å². The summed E-state index contributed by atoms with van der Waals surface area (Å²) in [5.41, 5.74) is -1.79. The topological polar surface area (TPSA) is 68.6 Å². The van der Waals surface area contributed by atoms with Gasteiger partial charge in [-0.15, -0.1) is 0 Å². The van der Waals surface area contributed by atoms with Crippen LogP contribution in [0.3, 0.4) is 0 Å². The molecule has 2 heterocycles. The Hall–Kier alpha value is -2.07. The molecule has 1 aromatic rings. The molecule has 27 heavy (non-hydrogen) atoms. The molecule has 7 nitrogen and oxygen atoms in total. The van der Waals surface area contributed by atoms with Crippen LogP contribution in [-0.4, -0.2) is 52.7 Å². The molecule has 0 radical (unpaired) electrons. The van der Waals surface area contributed by atoms with Gasteiger partial charge in [-0.2, -0.15) is 13.2 Å². The summed E-state index contributed by atoms with van der Waals surface area (Å²) in [7, 11) is 1.35. The summed E-state index contributed by atoms with van der Waals surface area (Å²) in [5, 5.41) is 2.63. The van der Waals surface area contributed by atoms with Gasteiger partial charge in [0.05, 0.1) is 6.04 Å². The maximum absolute atomic E-state index is 13.5. The van der Waals surface area contributed by atoms with Crippen molar-refractivity contribution >= 4 is 5.91 Å². The summed E-state index contributed by atoms with van der Waals surface area (Å²) in [6.45, 7) is 6.80. The number of hydrogen-bond donors (Lipinski definition) is 1. The zero-order valence-electron chi connectivity index (χ0n) is 15.8. The summed E-state index contributed by atoms with van der Waals surface area (Å²) in [4.78, 5) is 18.2. The van der Waals surface area contributed by atoms with E-state index in [9.17, 15) is 18.0 Å². The number of ether oxygens (including phenoxy) is 2. The van der Waals surface area contributed by atoms with Crippen LogP contribution in [0.5, 0.6) is 0 Å². The third-order valence-electron chi connectivity index (χ3n) is 4.07. The number of nitrogens with zero attached hydrogens (tertiary/aromatic N) is 3. The Morgan fingerprint density at radius 3 is 2.41 bits per heavy atom. The van der Waals surface area contributed by atoms with E-state index in [1.165, 1.54) is 7.05 Å². The lowest BCUT2D eigenvalue weighted by Crippen LogP contribution is -2.57. The van der Waals surface area contributed by atoms with Gasteiger partial charge in [-0.1, -0.05) is 6.08 Å². The first-order chi connectivity index (χ1) is 12.7. The van der Waals surface area contributed by atoms with Gasteiger partial charge in [-0.3, -0.25) is 4.79 Å². The largest absolute Gasteiger partial charge is 0.435 e. The third kappa shape index (κ3) is 4.81. The Balaban J connectivity index is 2.29. The molecule has 1 N–H and O–H groups in total. The minimum atomic E-state index is -4.78. The van der Waals surface area contributed by atoms with Gasteiger partial charge in [0.15, 0.2) is 11.5 Å². The second kappa shape index (κ2) is 8.75. The standard InChI is InChI=1S/C17H25F3N4O3/c1-5-8-24-9-11(10-24)21-15(25)12-13(17(18,19)20)22-14(23(12)4)16(26-6-2)27-7-3/h5,8,11,16H,6-7,9-10H2,1-4H3,(H,21,25). The van der Waals surface area contributed by atoms with Crippen molar-refractivity contribution in [1.82, 2.24) is 19.8 Å². The smallest absolute Gasteiger partial charge is 0.373 e. The number of rotatable bonds is 8. The Bertz CT molecular complexity index is 676. The summed E-state index contributed by atoms with van der Waals surface area (Å²) in [5.74, 6) is -0.916. The van der Waals surface area contributed by atoms with Crippen LogP contribution >= 0.6 is 0 Å². The molecule has 1 fully saturated rings. The minimum absolute atomic E-state index is 0.0969. The molecule has 1 aliphatic heterocycles. The molecule has 0 aliphatic carbocycles. The van der Waals surface area contributed by atoms with Gasteiger partial charge >= 0.3 is 6.18 Å². The average Bonchev–Trinajstić information content (AvgIpc) is 2.90. The normalized spacial score (nSPS) is 15.6. The summed E-state index contributed by atoms with van der Waals surface area (Å²) >= 11 is 0. The Morgan fingerprint density at radius 2 is 1.93 bits per heavy atom. The van der Waals surface area contributed by atoms with Gasteiger partial charge in [-0.25, -0.2) is 4.98 Å². The summed E-state index contributed by atoms with van der Waals surface area (Å²) < 4.78 is 52.2. The molecule has 0 saturated carbocycles. The molecular formula is C17H25F3N4O3. The number of nitrogens with one attached hydrogen (secondary N) is 1. The Kier molecular flexibility index (Phi) is 6.88. The first kappa shape index (κ1) is 21.2. The lowest BCUT2D eigenvalue weighted by molar-refractivity contribution is -0.149. The van der Waals surface area contributed by atoms with Crippen LogP contribution < -0.4 is 5.32 Å². The molecule has 0 atom stereocenters. The second-order valence-electron chi connectivity index (χ2n) is 6.07. The van der Waals surface area contributed by atoms with Crippen LogP contribution in [0.2, 0.25) is 0 Å². The van der Waals surface area contributed by atoms with E-state index in [4.69, 9.17) is 9.47 Å². The summed E-state index contributed by atoms with van der Waals surface area (Å²) in [6, 6.07) is -0.220. The third-order valence-corrected chi connectivity index (χ3v) is 4.07. The lowest BCUT2D eigenvalue weighted by Gasteiger charge is -2.38.